The number of carbonyl (C=O) groups excluding carboxylic acids is 4. The Balaban J connectivity index is 5.17. The molecule has 0 saturated carbocycles. The van der Waals surface area contributed by atoms with E-state index in [4.69, 9.17) is 37.0 Å². The minimum atomic E-state index is -4.96. The molecule has 3 N–H and O–H groups in total. The zero-order valence-corrected chi connectivity index (χ0v) is 64.6. The van der Waals surface area contributed by atoms with Gasteiger partial charge in [0.25, 0.3) is 0 Å². The summed E-state index contributed by atoms with van der Waals surface area (Å²) in [5, 5.41) is 10.6. The van der Waals surface area contributed by atoms with Gasteiger partial charge < -0.3 is 33.8 Å². The van der Waals surface area contributed by atoms with Crippen LogP contribution in [0.5, 0.6) is 0 Å². The van der Waals surface area contributed by atoms with Crippen LogP contribution < -0.4 is 0 Å². The van der Waals surface area contributed by atoms with Gasteiger partial charge in [-0.25, -0.2) is 9.13 Å². The summed E-state index contributed by atoms with van der Waals surface area (Å²) in [7, 11) is -9.91. The lowest BCUT2D eigenvalue weighted by atomic mass is 10.0. The number of aliphatic hydroxyl groups excluding tert-OH is 1. The van der Waals surface area contributed by atoms with E-state index >= 15 is 0 Å². The van der Waals surface area contributed by atoms with E-state index in [1.54, 1.807) is 0 Å². The first-order valence-electron chi connectivity index (χ1n) is 39.8. The second kappa shape index (κ2) is 67.5. The van der Waals surface area contributed by atoms with Crippen LogP contribution in [0.15, 0.2) is 0 Å². The van der Waals surface area contributed by atoms with Gasteiger partial charge in [-0.2, -0.15) is 0 Å². The molecule has 0 aromatic rings. The van der Waals surface area contributed by atoms with Crippen molar-refractivity contribution < 1.29 is 80.2 Å². The standard InChI is InChI=1S/C77H150O17P2/c1-8-9-10-11-34-44-51-58-74(79)87-64-72(93-77(82)61-54-47-40-33-27-26-30-37-43-50-57-70(6)7)66-91-95(83,84)89-62-71(78)63-90-96(85,86)92-67-73(65-88-75(80)59-52-45-38-31-24-21-20-23-29-36-42-49-56-69(4)5)94-76(81)60-53-46-39-32-25-19-17-15-13-12-14-16-18-22-28-35-41-48-55-68(2)3/h68-73,78H,8-67H2,1-7H3,(H,83,84)(H,85,86)/t71-,72+,73+/m0/s1. The average Bonchev–Trinajstić information content (AvgIpc) is 2.05. The quantitative estimate of drug-likeness (QED) is 0.0222. The van der Waals surface area contributed by atoms with Crippen LogP contribution in [0.2, 0.25) is 0 Å². The maximum Gasteiger partial charge on any atom is 0.472 e. The summed E-state index contributed by atoms with van der Waals surface area (Å²) in [4.78, 5) is 72.7. The highest BCUT2D eigenvalue weighted by Gasteiger charge is 2.30. The van der Waals surface area contributed by atoms with Crippen LogP contribution in [-0.4, -0.2) is 96.7 Å². The smallest absolute Gasteiger partial charge is 0.462 e. The number of phosphoric acid groups is 2. The maximum atomic E-state index is 13.1. The molecule has 0 spiro atoms. The molecule has 0 radical (unpaired) electrons. The molecule has 0 rings (SSSR count). The lowest BCUT2D eigenvalue weighted by Gasteiger charge is -2.21. The van der Waals surface area contributed by atoms with Crippen LogP contribution in [0.4, 0.5) is 0 Å². The molecule has 19 heteroatoms. The van der Waals surface area contributed by atoms with Crippen molar-refractivity contribution in [2.24, 2.45) is 17.8 Å². The second-order valence-corrected chi connectivity index (χ2v) is 32.1. The summed E-state index contributed by atoms with van der Waals surface area (Å²) in [6, 6.07) is 0. The van der Waals surface area contributed by atoms with Crippen molar-refractivity contribution in [2.75, 3.05) is 39.6 Å². The van der Waals surface area contributed by atoms with Gasteiger partial charge in [0.15, 0.2) is 12.2 Å². The Morgan fingerprint density at radius 3 is 0.708 bits per heavy atom. The topological polar surface area (TPSA) is 237 Å². The van der Waals surface area contributed by atoms with Gasteiger partial charge >= 0.3 is 39.5 Å². The van der Waals surface area contributed by atoms with Gasteiger partial charge in [0, 0.05) is 25.7 Å². The van der Waals surface area contributed by atoms with E-state index in [1.165, 1.54) is 193 Å². The molecule has 0 aliphatic heterocycles. The number of aliphatic hydroxyl groups is 1. The molecule has 2 unspecified atom stereocenters. The van der Waals surface area contributed by atoms with Crippen molar-refractivity contribution >= 4 is 39.5 Å². The molecule has 0 saturated heterocycles. The first kappa shape index (κ1) is 94.1. The number of phosphoric ester groups is 2. The number of ether oxygens (including phenoxy) is 4. The number of carbonyl (C=O) groups is 4. The fraction of sp³-hybridized carbons (Fsp3) is 0.948. The van der Waals surface area contributed by atoms with Gasteiger partial charge in [-0.15, -0.1) is 0 Å². The van der Waals surface area contributed by atoms with Crippen LogP contribution in [-0.2, 0) is 65.4 Å². The van der Waals surface area contributed by atoms with Gasteiger partial charge in [-0.05, 0) is 43.4 Å². The predicted molar refractivity (Wildman–Crippen MR) is 391 cm³/mol. The second-order valence-electron chi connectivity index (χ2n) is 29.2. The highest BCUT2D eigenvalue weighted by atomic mass is 31.2. The molecule has 0 amide bonds. The van der Waals surface area contributed by atoms with E-state index in [2.05, 4.69) is 48.5 Å². The van der Waals surface area contributed by atoms with Crippen molar-refractivity contribution in [3.63, 3.8) is 0 Å². The van der Waals surface area contributed by atoms with Crippen LogP contribution in [0.1, 0.15) is 395 Å². The van der Waals surface area contributed by atoms with E-state index in [0.29, 0.717) is 25.7 Å². The molecule has 570 valence electrons. The third kappa shape index (κ3) is 70.5. The molecule has 0 aromatic heterocycles. The Hall–Kier alpha value is -1.94. The largest absolute Gasteiger partial charge is 0.472 e. The Morgan fingerprint density at radius 2 is 0.479 bits per heavy atom. The van der Waals surface area contributed by atoms with Gasteiger partial charge in [-0.1, -0.05) is 344 Å². The Bertz CT molecular complexity index is 1870. The molecule has 96 heavy (non-hydrogen) atoms. The van der Waals surface area contributed by atoms with E-state index in [0.717, 1.165) is 120 Å². The molecular weight excluding hydrogens is 1260 g/mol. The summed E-state index contributed by atoms with van der Waals surface area (Å²) >= 11 is 0. The number of hydrogen-bond donors (Lipinski definition) is 3. The van der Waals surface area contributed by atoms with Crippen LogP contribution >= 0.6 is 15.6 Å². The highest BCUT2D eigenvalue weighted by Crippen LogP contribution is 2.45. The molecular formula is C77H150O17P2. The van der Waals surface area contributed by atoms with Crippen molar-refractivity contribution in [2.45, 2.75) is 414 Å². The molecule has 0 fully saturated rings. The Kier molecular flexibility index (Phi) is 66.2. The van der Waals surface area contributed by atoms with Gasteiger partial charge in [0.05, 0.1) is 26.4 Å². The zero-order chi connectivity index (χ0) is 70.9. The van der Waals surface area contributed by atoms with Crippen molar-refractivity contribution in [1.29, 1.82) is 0 Å². The number of rotatable bonds is 75. The lowest BCUT2D eigenvalue weighted by molar-refractivity contribution is -0.161. The zero-order valence-electron chi connectivity index (χ0n) is 62.8. The fourth-order valence-corrected chi connectivity index (χ4v) is 13.4. The van der Waals surface area contributed by atoms with Crippen LogP contribution in [0, 0.1) is 17.8 Å². The third-order valence-electron chi connectivity index (χ3n) is 17.9. The van der Waals surface area contributed by atoms with Gasteiger partial charge in [0.2, 0.25) is 0 Å². The van der Waals surface area contributed by atoms with Gasteiger partial charge in [0.1, 0.15) is 19.3 Å². The van der Waals surface area contributed by atoms with E-state index < -0.39 is 97.5 Å². The summed E-state index contributed by atoms with van der Waals surface area (Å²) in [5.41, 5.74) is 0. The maximum absolute atomic E-state index is 13.1. The Labute approximate surface area is 588 Å². The first-order chi connectivity index (χ1) is 46.2. The molecule has 0 heterocycles. The highest BCUT2D eigenvalue weighted by molar-refractivity contribution is 7.47. The molecule has 0 aliphatic carbocycles. The number of esters is 4. The number of hydrogen-bond acceptors (Lipinski definition) is 15. The fourth-order valence-electron chi connectivity index (χ4n) is 11.8. The minimum Gasteiger partial charge on any atom is -0.462 e. The molecule has 0 aliphatic rings. The van der Waals surface area contributed by atoms with Crippen molar-refractivity contribution in [3.8, 4) is 0 Å². The summed E-state index contributed by atoms with van der Waals surface area (Å²) in [6.45, 7) is 11.9. The van der Waals surface area contributed by atoms with Crippen molar-refractivity contribution in [1.82, 2.24) is 0 Å². The average molecular weight is 1410 g/mol. The lowest BCUT2D eigenvalue weighted by Crippen LogP contribution is -2.30. The Morgan fingerprint density at radius 1 is 0.281 bits per heavy atom. The molecule has 0 aromatic carbocycles. The van der Waals surface area contributed by atoms with E-state index in [1.807, 2.05) is 0 Å². The summed E-state index contributed by atoms with van der Waals surface area (Å²) in [6.07, 6.45) is 54.3. The molecule has 0 bridgehead atoms. The van der Waals surface area contributed by atoms with E-state index in [9.17, 15) is 43.2 Å². The molecule has 17 nitrogen and oxygen atoms in total. The van der Waals surface area contributed by atoms with Crippen LogP contribution in [0.25, 0.3) is 0 Å². The van der Waals surface area contributed by atoms with Crippen LogP contribution in [0.3, 0.4) is 0 Å². The minimum absolute atomic E-state index is 0.105. The van der Waals surface area contributed by atoms with Crippen molar-refractivity contribution in [3.05, 3.63) is 0 Å². The van der Waals surface area contributed by atoms with E-state index in [-0.39, 0.29) is 25.7 Å². The summed E-state index contributed by atoms with van der Waals surface area (Å²) in [5.74, 6) is 0.233. The summed E-state index contributed by atoms with van der Waals surface area (Å²) < 4.78 is 68.4. The molecule has 5 atom stereocenters. The predicted octanol–water partition coefficient (Wildman–Crippen LogP) is 22.6. The number of unbranched alkanes of at least 4 members (excludes halogenated alkanes) is 43. The SMILES string of the molecule is CCCCCCCCCC(=O)OC[C@H](COP(=O)(O)OC[C@H](O)COP(=O)(O)OC[C@@H](COC(=O)CCCCCCCCCCCCCCC(C)C)OC(=O)CCCCCCCCCCCCCCCCCCCCC(C)C)OC(=O)CCCCCCCCCCCCC(C)C. The first-order valence-corrected chi connectivity index (χ1v) is 42.8. The normalized spacial score (nSPS) is 14.1. The van der Waals surface area contributed by atoms with Gasteiger partial charge in [-0.3, -0.25) is 37.3 Å². The third-order valence-corrected chi connectivity index (χ3v) is 19.8. The monoisotopic (exact) mass is 1410 g/mol.